The van der Waals surface area contributed by atoms with Gasteiger partial charge in [-0.15, -0.1) is 0 Å². The van der Waals surface area contributed by atoms with Crippen LogP contribution in [0.15, 0.2) is 28.4 Å². The van der Waals surface area contributed by atoms with Gasteiger partial charge in [0.25, 0.3) is 0 Å². The van der Waals surface area contributed by atoms with E-state index >= 15 is 0 Å². The lowest BCUT2D eigenvalue weighted by atomic mass is 9.46. The summed E-state index contributed by atoms with van der Waals surface area (Å²) in [7, 11) is 0. The second kappa shape index (κ2) is 9.86. The van der Waals surface area contributed by atoms with Gasteiger partial charge >= 0.3 is 0 Å². The highest BCUT2D eigenvalue weighted by Gasteiger charge is 2.60. The van der Waals surface area contributed by atoms with Crippen LogP contribution in [-0.2, 0) is 4.79 Å². The van der Waals surface area contributed by atoms with Gasteiger partial charge in [-0.1, -0.05) is 53.9 Å². The first-order valence-corrected chi connectivity index (χ1v) is 15.0. The molecule has 8 atom stereocenters. The molecule has 0 spiro atoms. The fraction of sp³-hybridized carbons (Fsp3) is 0.788. The average molecular weight is 479 g/mol. The molecule has 2 heteroatoms. The molecule has 0 bridgehead atoms. The van der Waals surface area contributed by atoms with Crippen LogP contribution in [0.1, 0.15) is 117 Å². The number of rotatable bonds is 6. The van der Waals surface area contributed by atoms with Crippen LogP contribution in [0.25, 0.3) is 6.08 Å². The predicted octanol–water partition coefficient (Wildman–Crippen LogP) is 9.35. The van der Waals surface area contributed by atoms with Gasteiger partial charge in [0.05, 0.1) is 6.26 Å². The number of carbonyl (C=O) groups is 1. The van der Waals surface area contributed by atoms with Crippen LogP contribution in [0.2, 0.25) is 0 Å². The first-order valence-electron chi connectivity index (χ1n) is 15.0. The molecule has 0 radical (unpaired) electrons. The molecule has 0 saturated heterocycles. The topological polar surface area (TPSA) is 30.2 Å². The van der Waals surface area contributed by atoms with Gasteiger partial charge in [0, 0.05) is 6.42 Å². The van der Waals surface area contributed by atoms with Crippen molar-refractivity contribution in [2.24, 2.45) is 52.3 Å². The number of ketones is 1. The third kappa shape index (κ3) is 4.61. The molecule has 4 saturated carbocycles. The van der Waals surface area contributed by atoms with Crippen molar-refractivity contribution in [1.29, 1.82) is 0 Å². The summed E-state index contributed by atoms with van der Waals surface area (Å²) in [5.74, 6) is 7.00. The number of allylic oxidation sites excluding steroid dienone is 1. The van der Waals surface area contributed by atoms with E-state index in [0.29, 0.717) is 22.5 Å². The number of fused-ring (bicyclic) bond motifs is 5. The molecule has 0 aromatic carbocycles. The lowest BCUT2D eigenvalue weighted by Crippen LogP contribution is -2.52. The first-order chi connectivity index (χ1) is 16.7. The lowest BCUT2D eigenvalue weighted by molar-refractivity contribution is -0.123. The van der Waals surface area contributed by atoms with Crippen LogP contribution in [-0.4, -0.2) is 5.78 Å². The minimum absolute atomic E-state index is 0.319. The summed E-state index contributed by atoms with van der Waals surface area (Å²) < 4.78 is 5.55. The molecule has 4 fully saturated rings. The average Bonchev–Trinajstić information content (AvgIpc) is 3.42. The first kappa shape index (κ1) is 25.3. The van der Waals surface area contributed by atoms with E-state index < -0.39 is 0 Å². The summed E-state index contributed by atoms with van der Waals surface area (Å²) >= 11 is 0. The molecule has 0 N–H and O–H groups in total. The fourth-order valence-electron chi connectivity index (χ4n) is 9.88. The molecule has 1 aromatic rings. The molecule has 5 rings (SSSR count). The summed E-state index contributed by atoms with van der Waals surface area (Å²) in [5.41, 5.74) is 1.87. The van der Waals surface area contributed by atoms with E-state index in [1.54, 1.807) is 6.26 Å². The third-order valence-corrected chi connectivity index (χ3v) is 11.8. The third-order valence-electron chi connectivity index (χ3n) is 11.8. The Morgan fingerprint density at radius 1 is 1.00 bits per heavy atom. The molecule has 194 valence electrons. The van der Waals surface area contributed by atoms with Crippen LogP contribution in [0.5, 0.6) is 0 Å². The highest BCUT2D eigenvalue weighted by molar-refractivity contribution is 5.99. The van der Waals surface area contributed by atoms with Crippen LogP contribution in [0.3, 0.4) is 0 Å². The predicted molar refractivity (Wildman–Crippen MR) is 145 cm³/mol. The van der Waals surface area contributed by atoms with Gasteiger partial charge in [0.2, 0.25) is 0 Å². The highest BCUT2D eigenvalue weighted by atomic mass is 16.3. The van der Waals surface area contributed by atoms with Crippen molar-refractivity contribution >= 4 is 11.9 Å². The molecular formula is C33H50O2. The van der Waals surface area contributed by atoms with Crippen LogP contribution in [0, 0.1) is 52.3 Å². The Hall–Kier alpha value is -1.31. The minimum Gasteiger partial charge on any atom is -0.465 e. The van der Waals surface area contributed by atoms with Crippen molar-refractivity contribution in [3.05, 3.63) is 29.7 Å². The van der Waals surface area contributed by atoms with Crippen LogP contribution >= 0.6 is 0 Å². The maximum Gasteiger partial charge on any atom is 0.159 e. The van der Waals surface area contributed by atoms with Crippen molar-refractivity contribution in [3.8, 4) is 0 Å². The molecular weight excluding hydrogens is 428 g/mol. The number of furan rings is 1. The van der Waals surface area contributed by atoms with Crippen molar-refractivity contribution in [2.75, 3.05) is 0 Å². The molecule has 0 aliphatic heterocycles. The Morgan fingerprint density at radius 3 is 2.54 bits per heavy atom. The van der Waals surface area contributed by atoms with Gasteiger partial charge in [-0.3, -0.25) is 4.79 Å². The number of hydrogen-bond donors (Lipinski definition) is 0. The standard InChI is InChI=1S/C33H50O2/c1-22(2)8-6-9-23(3)28-13-14-29-27-12-11-25-21-31(34)24(20-26-10-7-19-35-26)15-17-32(25,4)30(27)16-18-33(28,29)5/h7,10,19-20,22-23,25,27-30H,6,8-9,11-18,21H2,1-5H3/b24-20+/t23-,25+,27-,28+,29+,30-,32+,33-/m1/s1. The van der Waals surface area contributed by atoms with Gasteiger partial charge in [0.1, 0.15) is 5.76 Å². The quantitative estimate of drug-likeness (QED) is 0.381. The summed E-state index contributed by atoms with van der Waals surface area (Å²) in [6, 6.07) is 3.89. The Morgan fingerprint density at radius 2 is 1.80 bits per heavy atom. The summed E-state index contributed by atoms with van der Waals surface area (Å²) in [4.78, 5) is 13.3. The maximum atomic E-state index is 13.3. The zero-order valence-electron chi connectivity index (χ0n) is 23.2. The van der Waals surface area contributed by atoms with Crippen molar-refractivity contribution in [2.45, 2.75) is 112 Å². The van der Waals surface area contributed by atoms with Crippen molar-refractivity contribution < 1.29 is 9.21 Å². The van der Waals surface area contributed by atoms with Crippen molar-refractivity contribution in [3.63, 3.8) is 0 Å². The molecule has 1 heterocycles. The van der Waals surface area contributed by atoms with E-state index in [2.05, 4.69) is 34.6 Å². The summed E-state index contributed by atoms with van der Waals surface area (Å²) in [5, 5.41) is 0. The molecule has 2 nitrogen and oxygen atoms in total. The number of carbonyl (C=O) groups excluding carboxylic acids is 1. The summed E-state index contributed by atoms with van der Waals surface area (Å²) in [6.07, 6.45) is 19.2. The van der Waals surface area contributed by atoms with E-state index in [1.165, 1.54) is 64.2 Å². The minimum atomic E-state index is 0.319. The normalized spacial score (nSPS) is 41.4. The Labute approximate surface area is 214 Å². The van der Waals surface area contributed by atoms with Gasteiger partial charge < -0.3 is 4.42 Å². The highest BCUT2D eigenvalue weighted by Crippen LogP contribution is 2.68. The Balaban J connectivity index is 1.31. The molecule has 35 heavy (non-hydrogen) atoms. The van der Waals surface area contributed by atoms with Crippen LogP contribution < -0.4 is 0 Å². The van der Waals surface area contributed by atoms with Gasteiger partial charge in [-0.25, -0.2) is 0 Å². The van der Waals surface area contributed by atoms with E-state index in [4.69, 9.17) is 4.42 Å². The van der Waals surface area contributed by atoms with E-state index in [1.807, 2.05) is 18.2 Å². The molecule has 1 aromatic heterocycles. The Bertz CT molecular complexity index is 910. The fourth-order valence-corrected chi connectivity index (χ4v) is 9.88. The SMILES string of the molecule is CC(C)CCC[C@@H](C)[C@@H]1CC[C@H]2[C@H]3CC[C@H]4CC(=O)/C(=C/c5ccco5)CC[C@]4(C)[C@@H]3CC[C@@]21C. The van der Waals surface area contributed by atoms with Crippen LogP contribution in [0.4, 0.5) is 0 Å². The van der Waals surface area contributed by atoms with E-state index in [0.717, 1.165) is 59.7 Å². The van der Waals surface area contributed by atoms with Gasteiger partial charge in [-0.2, -0.15) is 0 Å². The second-order valence-electron chi connectivity index (χ2n) is 14.0. The van der Waals surface area contributed by atoms with Gasteiger partial charge in [-0.05, 0) is 127 Å². The van der Waals surface area contributed by atoms with Crippen molar-refractivity contribution in [1.82, 2.24) is 0 Å². The summed E-state index contributed by atoms with van der Waals surface area (Å²) in [6.45, 7) is 12.6. The zero-order chi connectivity index (χ0) is 24.8. The second-order valence-corrected chi connectivity index (χ2v) is 14.0. The number of Topliss-reactive ketones (excluding diaryl/α,β-unsaturated/α-hetero) is 1. The number of hydrogen-bond acceptors (Lipinski definition) is 2. The molecule has 4 aliphatic carbocycles. The van der Waals surface area contributed by atoms with Gasteiger partial charge in [0.15, 0.2) is 5.78 Å². The van der Waals surface area contributed by atoms with E-state index in [-0.39, 0.29) is 0 Å². The van der Waals surface area contributed by atoms with E-state index in [9.17, 15) is 4.79 Å². The lowest BCUT2D eigenvalue weighted by Gasteiger charge is -2.59. The largest absolute Gasteiger partial charge is 0.465 e. The Kier molecular flexibility index (Phi) is 7.14. The molecule has 4 aliphatic rings. The molecule has 0 unspecified atom stereocenters. The zero-order valence-corrected chi connectivity index (χ0v) is 23.2. The smallest absolute Gasteiger partial charge is 0.159 e. The maximum absolute atomic E-state index is 13.3. The monoisotopic (exact) mass is 478 g/mol. The molecule has 0 amide bonds.